The van der Waals surface area contributed by atoms with Gasteiger partial charge in [0.05, 0.1) is 18.3 Å². The maximum absolute atomic E-state index is 11.2. The lowest BCUT2D eigenvalue weighted by atomic mass is 9.62. The second-order valence-electron chi connectivity index (χ2n) is 13.2. The van der Waals surface area contributed by atoms with Crippen LogP contribution < -0.4 is 10.6 Å². The van der Waals surface area contributed by atoms with E-state index in [1.807, 2.05) is 14.1 Å². The van der Waals surface area contributed by atoms with E-state index in [1.165, 1.54) is 6.92 Å². The van der Waals surface area contributed by atoms with Crippen LogP contribution in [0.1, 0.15) is 102 Å². The zero-order valence-electron chi connectivity index (χ0n) is 27.5. The molecule has 2 atom stereocenters. The van der Waals surface area contributed by atoms with Crippen molar-refractivity contribution in [3.63, 3.8) is 0 Å². The molecule has 8 nitrogen and oxygen atoms in total. The van der Waals surface area contributed by atoms with Gasteiger partial charge in [-0.1, -0.05) is 48.5 Å². The van der Waals surface area contributed by atoms with E-state index in [4.69, 9.17) is 14.6 Å². The van der Waals surface area contributed by atoms with E-state index in [2.05, 4.69) is 79.9 Å². The van der Waals surface area contributed by atoms with Crippen LogP contribution in [0.15, 0.2) is 11.6 Å². The molecule has 0 aromatic carbocycles. The summed E-state index contributed by atoms with van der Waals surface area (Å²) >= 11 is 0. The lowest BCUT2D eigenvalue weighted by molar-refractivity contribution is -0.132. The molecule has 0 amide bonds. The van der Waals surface area contributed by atoms with Gasteiger partial charge in [0, 0.05) is 17.6 Å². The van der Waals surface area contributed by atoms with Gasteiger partial charge >= 0.3 is 5.97 Å². The molecule has 0 aromatic heterocycles. The van der Waals surface area contributed by atoms with Gasteiger partial charge in [0.25, 0.3) is 0 Å². The fourth-order valence-electron chi connectivity index (χ4n) is 3.39. The van der Waals surface area contributed by atoms with Gasteiger partial charge in [-0.15, -0.1) is 0 Å². The fourth-order valence-corrected chi connectivity index (χ4v) is 3.39. The number of hydrogen-bond donors (Lipinski definition) is 3. The van der Waals surface area contributed by atoms with Crippen LogP contribution in [-0.2, 0) is 23.9 Å². The van der Waals surface area contributed by atoms with Crippen LogP contribution in [0.4, 0.5) is 0 Å². The molecule has 232 valence electrons. The van der Waals surface area contributed by atoms with Crippen molar-refractivity contribution >= 4 is 18.5 Å². The van der Waals surface area contributed by atoms with Crippen LogP contribution in [-0.4, -0.2) is 75.8 Å². The van der Waals surface area contributed by atoms with Gasteiger partial charge in [0.15, 0.2) is 0 Å². The smallest absolute Gasteiger partial charge is 0.331 e. The first-order chi connectivity index (χ1) is 17.7. The molecule has 0 aromatic rings. The molecule has 0 aliphatic rings. The molecule has 39 heavy (non-hydrogen) atoms. The highest BCUT2D eigenvalue weighted by atomic mass is 16.5. The molecular weight excluding hydrogens is 496 g/mol. The molecule has 0 aliphatic heterocycles. The fraction of sp³-hybridized carbons (Fsp3) is 0.839. The van der Waals surface area contributed by atoms with Crippen molar-refractivity contribution in [3.8, 4) is 0 Å². The van der Waals surface area contributed by atoms with E-state index in [9.17, 15) is 14.4 Å². The summed E-state index contributed by atoms with van der Waals surface area (Å²) in [5.41, 5.74) is -0.0960. The monoisotopic (exact) mass is 558 g/mol. The molecule has 2 unspecified atom stereocenters. The molecule has 0 aliphatic carbocycles. The largest absolute Gasteiger partial charge is 0.478 e. The van der Waals surface area contributed by atoms with Crippen molar-refractivity contribution < 1.29 is 29.0 Å². The SMILES string of the molecule is C/C(=C/C=O)C(=O)O.CC(C)(C)CC(C)(C=O)C(C)(C)C.CNCCCOC(C)(C)COC(C)CCCNC. The molecule has 0 rings (SSSR count). The first-order valence-electron chi connectivity index (χ1n) is 14.1. The maximum atomic E-state index is 11.2. The van der Waals surface area contributed by atoms with E-state index in [0.29, 0.717) is 19.0 Å². The topological polar surface area (TPSA) is 114 Å². The summed E-state index contributed by atoms with van der Waals surface area (Å²) in [6, 6.07) is 0. The van der Waals surface area contributed by atoms with E-state index >= 15 is 0 Å². The van der Waals surface area contributed by atoms with Gasteiger partial charge in [-0.3, -0.25) is 4.79 Å². The highest BCUT2D eigenvalue weighted by molar-refractivity contribution is 5.90. The van der Waals surface area contributed by atoms with Gasteiger partial charge in [-0.2, -0.15) is 0 Å². The Labute approximate surface area is 240 Å². The zero-order chi connectivity index (χ0) is 31.3. The number of carboxylic acid groups (broad SMARTS) is 1. The third kappa shape index (κ3) is 25.1. The molecule has 0 bridgehead atoms. The highest BCUT2D eigenvalue weighted by Gasteiger charge is 2.40. The first-order valence-corrected chi connectivity index (χ1v) is 14.1. The Morgan fingerprint density at radius 1 is 0.923 bits per heavy atom. The van der Waals surface area contributed by atoms with Crippen molar-refractivity contribution in [2.24, 2.45) is 16.2 Å². The Morgan fingerprint density at radius 2 is 1.44 bits per heavy atom. The molecular formula is C31H62N2O6. The van der Waals surface area contributed by atoms with Crippen molar-refractivity contribution in [2.75, 3.05) is 40.4 Å². The molecule has 0 spiro atoms. The van der Waals surface area contributed by atoms with E-state index in [1.54, 1.807) is 0 Å². The second-order valence-corrected chi connectivity index (χ2v) is 13.2. The first kappa shape index (κ1) is 41.9. The summed E-state index contributed by atoms with van der Waals surface area (Å²) in [4.78, 5) is 30.6. The third-order valence-electron chi connectivity index (χ3n) is 6.34. The minimum atomic E-state index is -1.06. The Morgan fingerprint density at radius 3 is 1.77 bits per heavy atom. The van der Waals surface area contributed by atoms with E-state index < -0.39 is 5.97 Å². The number of carbonyl (C=O) groups excluding carboxylic acids is 2. The molecule has 0 saturated heterocycles. The number of carbonyl (C=O) groups is 3. The summed E-state index contributed by atoms with van der Waals surface area (Å²) in [7, 11) is 3.94. The Hall–Kier alpha value is -1.61. The summed E-state index contributed by atoms with van der Waals surface area (Å²) in [5, 5.41) is 14.4. The number of aldehydes is 2. The van der Waals surface area contributed by atoms with Gasteiger partial charge in [-0.05, 0) is 97.5 Å². The molecule has 0 radical (unpaired) electrons. The lowest BCUT2D eigenvalue weighted by Gasteiger charge is -2.41. The predicted molar refractivity (Wildman–Crippen MR) is 162 cm³/mol. The number of allylic oxidation sites excluding steroid dienone is 1. The van der Waals surface area contributed by atoms with Crippen molar-refractivity contribution in [1.82, 2.24) is 10.6 Å². The molecule has 0 heterocycles. The Bertz CT molecular complexity index is 692. The van der Waals surface area contributed by atoms with Gasteiger partial charge in [-0.25, -0.2) is 4.79 Å². The lowest BCUT2D eigenvalue weighted by Crippen LogP contribution is -2.37. The standard InChI is InChI=1S/C14H32N2O2.C12H24O.C5H6O3/c1-13(8-6-9-15-4)17-12-14(2,3)18-11-7-10-16-5;1-10(2,3)8-12(7,9-13)11(4,5)6;1-4(2-3-6)5(7)8/h13,15-16H,6-12H2,1-5H3;9H,8H2,1-7H3;2-3H,1H3,(H,7,8)/b;;4-2-. The van der Waals surface area contributed by atoms with Crippen molar-refractivity contribution in [2.45, 2.75) is 114 Å². The average Bonchev–Trinajstić information content (AvgIpc) is 2.80. The number of hydrogen-bond acceptors (Lipinski definition) is 7. The van der Waals surface area contributed by atoms with Crippen LogP contribution >= 0.6 is 0 Å². The highest BCUT2D eigenvalue weighted by Crippen LogP contribution is 2.44. The summed E-state index contributed by atoms with van der Waals surface area (Å²) in [6.45, 7) is 26.2. The molecule has 3 N–H and O–H groups in total. The molecule has 0 saturated carbocycles. The number of carboxylic acids is 1. The van der Waals surface area contributed by atoms with Gasteiger partial charge < -0.3 is 30.0 Å². The Balaban J connectivity index is -0.000000539. The minimum Gasteiger partial charge on any atom is -0.478 e. The third-order valence-corrected chi connectivity index (χ3v) is 6.34. The average molecular weight is 559 g/mol. The number of aliphatic carboxylic acids is 1. The maximum Gasteiger partial charge on any atom is 0.331 e. The van der Waals surface area contributed by atoms with Crippen molar-refractivity contribution in [3.05, 3.63) is 11.6 Å². The second kappa shape index (κ2) is 21.2. The zero-order valence-corrected chi connectivity index (χ0v) is 27.5. The number of nitrogens with one attached hydrogen (secondary N) is 2. The normalized spacial score (nSPS) is 14.6. The van der Waals surface area contributed by atoms with Crippen LogP contribution in [0.25, 0.3) is 0 Å². The molecule has 0 fully saturated rings. The number of rotatable bonds is 16. The van der Waals surface area contributed by atoms with Gasteiger partial charge in [0.1, 0.15) is 12.6 Å². The van der Waals surface area contributed by atoms with Crippen LogP contribution in [0.2, 0.25) is 0 Å². The van der Waals surface area contributed by atoms with Crippen LogP contribution in [0.3, 0.4) is 0 Å². The van der Waals surface area contributed by atoms with E-state index in [0.717, 1.165) is 57.7 Å². The molecule has 8 heteroatoms. The summed E-state index contributed by atoms with van der Waals surface area (Å²) in [6.07, 6.45) is 7.10. The van der Waals surface area contributed by atoms with E-state index in [-0.39, 0.29) is 27.4 Å². The summed E-state index contributed by atoms with van der Waals surface area (Å²) in [5.74, 6) is -1.06. The van der Waals surface area contributed by atoms with Crippen LogP contribution in [0, 0.1) is 16.2 Å². The quantitative estimate of drug-likeness (QED) is 0.126. The Kier molecular flexibility index (Phi) is 22.7. The van der Waals surface area contributed by atoms with Crippen molar-refractivity contribution in [1.29, 1.82) is 0 Å². The predicted octanol–water partition coefficient (Wildman–Crippen LogP) is 5.69. The van der Waals surface area contributed by atoms with Crippen LogP contribution in [0.5, 0.6) is 0 Å². The summed E-state index contributed by atoms with van der Waals surface area (Å²) < 4.78 is 11.7. The minimum absolute atomic E-state index is 0.0437. The van der Waals surface area contributed by atoms with Gasteiger partial charge in [0.2, 0.25) is 0 Å². The number of ether oxygens (including phenoxy) is 2.